The highest BCUT2D eigenvalue weighted by Gasteiger charge is 2.23. The van der Waals surface area contributed by atoms with Crippen LogP contribution in [0.1, 0.15) is 42.9 Å². The van der Waals surface area contributed by atoms with Crippen molar-refractivity contribution in [2.45, 2.75) is 49.9 Å². The Balaban J connectivity index is 1.29. The molecule has 168 valence electrons. The summed E-state index contributed by atoms with van der Waals surface area (Å²) in [5.74, 6) is 1.63. The molecule has 0 aliphatic carbocycles. The fourth-order valence-electron chi connectivity index (χ4n) is 4.40. The van der Waals surface area contributed by atoms with Gasteiger partial charge in [0.2, 0.25) is 0 Å². The Hall–Kier alpha value is -1.77. The zero-order valence-electron chi connectivity index (χ0n) is 17.8. The summed E-state index contributed by atoms with van der Waals surface area (Å²) >= 11 is 1.75. The number of hydrogen-bond acceptors (Lipinski definition) is 6. The molecule has 0 spiro atoms. The summed E-state index contributed by atoms with van der Waals surface area (Å²) in [6.07, 6.45) is 6.79. The summed E-state index contributed by atoms with van der Waals surface area (Å²) in [6.45, 7) is 3.55. The number of benzene rings is 1. The molecule has 0 bridgehead atoms. The molecule has 4 rings (SSSR count). The molecule has 0 saturated carbocycles. The SMILES string of the molecule is FC(F)Oc1ccc(CN2CCC[C@H](c3ccnc(SCCN4CCCC4)n3)C2)cc1. The van der Waals surface area contributed by atoms with E-state index in [1.807, 2.05) is 18.3 Å². The quantitative estimate of drug-likeness (QED) is 0.411. The Bertz CT molecular complexity index is 817. The van der Waals surface area contributed by atoms with E-state index in [1.165, 1.54) is 25.9 Å². The van der Waals surface area contributed by atoms with Crippen molar-refractivity contribution in [2.24, 2.45) is 0 Å². The zero-order valence-corrected chi connectivity index (χ0v) is 18.6. The third-order valence-corrected chi connectivity index (χ3v) is 6.81. The predicted molar refractivity (Wildman–Crippen MR) is 119 cm³/mol. The van der Waals surface area contributed by atoms with Gasteiger partial charge in [-0.2, -0.15) is 8.78 Å². The summed E-state index contributed by atoms with van der Waals surface area (Å²) < 4.78 is 29.1. The van der Waals surface area contributed by atoms with Crippen LogP contribution in [-0.2, 0) is 6.54 Å². The number of halogens is 2. The summed E-state index contributed by atoms with van der Waals surface area (Å²) in [6, 6.07) is 9.00. The Kier molecular flexibility index (Phi) is 8.10. The average Bonchev–Trinajstić information content (AvgIpc) is 3.29. The van der Waals surface area contributed by atoms with Gasteiger partial charge in [0.05, 0.1) is 0 Å². The molecule has 0 N–H and O–H groups in total. The van der Waals surface area contributed by atoms with E-state index in [9.17, 15) is 8.78 Å². The molecule has 5 nitrogen and oxygen atoms in total. The molecule has 2 aromatic rings. The van der Waals surface area contributed by atoms with Gasteiger partial charge in [-0.3, -0.25) is 4.90 Å². The molecule has 0 radical (unpaired) electrons. The minimum absolute atomic E-state index is 0.200. The molecular formula is C23H30F2N4OS. The van der Waals surface area contributed by atoms with Crippen LogP contribution < -0.4 is 4.74 Å². The third kappa shape index (κ3) is 6.85. The van der Waals surface area contributed by atoms with Gasteiger partial charge in [0.25, 0.3) is 0 Å². The molecule has 3 heterocycles. The first-order valence-electron chi connectivity index (χ1n) is 11.1. The second-order valence-corrected chi connectivity index (χ2v) is 9.32. The monoisotopic (exact) mass is 448 g/mol. The first kappa shape index (κ1) is 22.4. The Morgan fingerprint density at radius 1 is 1.03 bits per heavy atom. The minimum Gasteiger partial charge on any atom is -0.435 e. The van der Waals surface area contributed by atoms with Gasteiger partial charge in [0.1, 0.15) is 5.75 Å². The molecule has 1 aromatic heterocycles. The summed E-state index contributed by atoms with van der Waals surface area (Å²) in [5, 5.41) is 0.878. The second kappa shape index (κ2) is 11.2. The van der Waals surface area contributed by atoms with Crippen molar-refractivity contribution >= 4 is 11.8 Å². The van der Waals surface area contributed by atoms with Crippen LogP contribution in [0.2, 0.25) is 0 Å². The van der Waals surface area contributed by atoms with Gasteiger partial charge in [-0.05, 0) is 69.1 Å². The smallest absolute Gasteiger partial charge is 0.387 e. The molecule has 8 heteroatoms. The number of piperidine rings is 1. The second-order valence-electron chi connectivity index (χ2n) is 8.26. The lowest BCUT2D eigenvalue weighted by molar-refractivity contribution is -0.0498. The highest BCUT2D eigenvalue weighted by molar-refractivity contribution is 7.99. The fourth-order valence-corrected chi connectivity index (χ4v) is 5.24. The van der Waals surface area contributed by atoms with Gasteiger partial charge in [0, 0.05) is 43.2 Å². The fraction of sp³-hybridized carbons (Fsp3) is 0.565. The van der Waals surface area contributed by atoms with E-state index in [1.54, 1.807) is 23.9 Å². The molecular weight excluding hydrogens is 418 g/mol. The molecule has 2 fully saturated rings. The van der Waals surface area contributed by atoms with Crippen LogP contribution in [0.3, 0.4) is 0 Å². The highest BCUT2D eigenvalue weighted by Crippen LogP contribution is 2.28. The van der Waals surface area contributed by atoms with Crippen LogP contribution in [0.25, 0.3) is 0 Å². The van der Waals surface area contributed by atoms with Crippen LogP contribution in [0, 0.1) is 0 Å². The van der Waals surface area contributed by atoms with E-state index in [0.717, 1.165) is 61.2 Å². The number of nitrogens with zero attached hydrogens (tertiary/aromatic N) is 4. The maximum absolute atomic E-state index is 12.3. The third-order valence-electron chi connectivity index (χ3n) is 5.97. The van der Waals surface area contributed by atoms with Gasteiger partial charge in [0.15, 0.2) is 5.16 Å². The van der Waals surface area contributed by atoms with Crippen molar-refractivity contribution < 1.29 is 13.5 Å². The van der Waals surface area contributed by atoms with Crippen LogP contribution >= 0.6 is 11.8 Å². The molecule has 0 unspecified atom stereocenters. The van der Waals surface area contributed by atoms with Gasteiger partial charge in [-0.15, -0.1) is 0 Å². The van der Waals surface area contributed by atoms with Crippen LogP contribution in [0.4, 0.5) is 8.78 Å². The maximum Gasteiger partial charge on any atom is 0.387 e. The highest BCUT2D eigenvalue weighted by atomic mass is 32.2. The molecule has 2 aliphatic heterocycles. The zero-order chi connectivity index (χ0) is 21.5. The van der Waals surface area contributed by atoms with Gasteiger partial charge in [-0.1, -0.05) is 23.9 Å². The van der Waals surface area contributed by atoms with Crippen molar-refractivity contribution in [1.29, 1.82) is 0 Å². The summed E-state index contributed by atoms with van der Waals surface area (Å²) in [7, 11) is 0. The number of aromatic nitrogens is 2. The predicted octanol–water partition coefficient (Wildman–Crippen LogP) is 4.65. The molecule has 2 aliphatic rings. The number of alkyl halides is 2. The van der Waals surface area contributed by atoms with Crippen molar-refractivity contribution in [2.75, 3.05) is 38.5 Å². The lowest BCUT2D eigenvalue weighted by Crippen LogP contribution is -2.34. The first-order chi connectivity index (χ1) is 15.2. The Morgan fingerprint density at radius 3 is 2.58 bits per heavy atom. The van der Waals surface area contributed by atoms with E-state index in [4.69, 9.17) is 4.98 Å². The Labute approximate surface area is 187 Å². The van der Waals surface area contributed by atoms with Gasteiger partial charge in [-0.25, -0.2) is 9.97 Å². The summed E-state index contributed by atoms with van der Waals surface area (Å²) in [5.41, 5.74) is 2.23. The standard InChI is InChI=1S/C23H30F2N4OS/c24-22(25)30-20-7-5-18(6-8-20)16-29-13-3-4-19(17-29)21-9-10-26-23(27-21)31-15-14-28-11-1-2-12-28/h5-10,19,22H,1-4,11-17H2/t19-/m0/s1. The molecule has 2 saturated heterocycles. The maximum atomic E-state index is 12.3. The van der Waals surface area contributed by atoms with Crippen molar-refractivity contribution in [3.05, 3.63) is 47.8 Å². The van der Waals surface area contributed by atoms with Gasteiger partial charge >= 0.3 is 6.61 Å². The lowest BCUT2D eigenvalue weighted by atomic mass is 9.94. The Morgan fingerprint density at radius 2 is 1.81 bits per heavy atom. The normalized spacial score (nSPS) is 20.4. The van der Waals surface area contributed by atoms with Crippen LogP contribution in [0.5, 0.6) is 5.75 Å². The van der Waals surface area contributed by atoms with Crippen LogP contribution in [-0.4, -0.2) is 64.9 Å². The first-order valence-corrected chi connectivity index (χ1v) is 12.1. The topological polar surface area (TPSA) is 41.5 Å². The average molecular weight is 449 g/mol. The largest absolute Gasteiger partial charge is 0.435 e. The molecule has 1 atom stereocenters. The number of likely N-dealkylation sites (tertiary alicyclic amines) is 2. The number of hydrogen-bond donors (Lipinski definition) is 0. The molecule has 1 aromatic carbocycles. The van der Waals surface area contributed by atoms with E-state index >= 15 is 0 Å². The van der Waals surface area contributed by atoms with Gasteiger partial charge < -0.3 is 9.64 Å². The van der Waals surface area contributed by atoms with E-state index in [2.05, 4.69) is 25.6 Å². The molecule has 31 heavy (non-hydrogen) atoms. The summed E-state index contributed by atoms with van der Waals surface area (Å²) in [4.78, 5) is 14.3. The minimum atomic E-state index is -2.79. The lowest BCUT2D eigenvalue weighted by Gasteiger charge is -2.32. The van der Waals surface area contributed by atoms with E-state index < -0.39 is 6.61 Å². The van der Waals surface area contributed by atoms with E-state index in [-0.39, 0.29) is 5.75 Å². The number of thioether (sulfide) groups is 1. The van der Waals surface area contributed by atoms with Crippen molar-refractivity contribution in [3.63, 3.8) is 0 Å². The number of ether oxygens (including phenoxy) is 1. The van der Waals surface area contributed by atoms with Crippen molar-refractivity contribution in [3.8, 4) is 5.75 Å². The molecule has 0 amide bonds. The number of rotatable bonds is 9. The van der Waals surface area contributed by atoms with E-state index in [0.29, 0.717) is 5.92 Å². The van der Waals surface area contributed by atoms with Crippen LogP contribution in [0.15, 0.2) is 41.7 Å². The van der Waals surface area contributed by atoms with Crippen molar-refractivity contribution in [1.82, 2.24) is 19.8 Å².